The predicted octanol–water partition coefficient (Wildman–Crippen LogP) is 2.95. The van der Waals surface area contributed by atoms with Crippen molar-refractivity contribution in [2.24, 2.45) is 0 Å². The van der Waals surface area contributed by atoms with E-state index in [1.807, 2.05) is 30.3 Å². The Morgan fingerprint density at radius 3 is 2.63 bits per heavy atom. The van der Waals surface area contributed by atoms with Crippen molar-refractivity contribution >= 4 is 0 Å². The molecule has 0 radical (unpaired) electrons. The first kappa shape index (κ1) is 12.2. The third-order valence-electron chi connectivity index (χ3n) is 3.52. The summed E-state index contributed by atoms with van der Waals surface area (Å²) >= 11 is 0. The minimum Gasteiger partial charge on any atom is -0.497 e. The van der Waals surface area contributed by atoms with Crippen molar-refractivity contribution in [3.05, 3.63) is 36.1 Å². The van der Waals surface area contributed by atoms with Gasteiger partial charge in [0.2, 0.25) is 0 Å². The number of methoxy groups -OCH3 is 1. The van der Waals surface area contributed by atoms with Gasteiger partial charge in [0.1, 0.15) is 11.4 Å². The second-order valence-electron chi connectivity index (χ2n) is 4.89. The van der Waals surface area contributed by atoms with Crippen LogP contribution in [0.3, 0.4) is 0 Å². The molecule has 1 aromatic carbocycles. The van der Waals surface area contributed by atoms with Crippen molar-refractivity contribution in [2.75, 3.05) is 20.2 Å². The lowest BCUT2D eigenvalue weighted by molar-refractivity contribution is 0.274. The Hall–Kier alpha value is -1.81. The van der Waals surface area contributed by atoms with E-state index in [1.165, 1.54) is 25.9 Å². The molecule has 0 saturated carbocycles. The molecule has 2 aromatic rings. The highest BCUT2D eigenvalue weighted by atomic mass is 16.5. The smallest absolute Gasteiger partial charge is 0.151 e. The van der Waals surface area contributed by atoms with Gasteiger partial charge >= 0.3 is 0 Å². The maximum atomic E-state index is 5.41. The van der Waals surface area contributed by atoms with Crippen molar-refractivity contribution in [1.29, 1.82) is 0 Å². The molecular formula is C15H18N2O2. The highest BCUT2D eigenvalue weighted by Gasteiger charge is 2.15. The Balaban J connectivity index is 1.72. The molecule has 0 unspecified atom stereocenters. The fraction of sp³-hybridized carbons (Fsp3) is 0.400. The van der Waals surface area contributed by atoms with Crippen LogP contribution in [0, 0.1) is 0 Å². The Bertz CT molecular complexity index is 527. The summed E-state index contributed by atoms with van der Waals surface area (Å²) in [6.45, 7) is 3.19. The molecule has 0 spiro atoms. The van der Waals surface area contributed by atoms with Gasteiger partial charge in [0.25, 0.3) is 0 Å². The summed E-state index contributed by atoms with van der Waals surface area (Å²) in [7, 11) is 1.67. The largest absolute Gasteiger partial charge is 0.497 e. The molecule has 4 nitrogen and oxygen atoms in total. The fourth-order valence-electron chi connectivity index (χ4n) is 2.45. The van der Waals surface area contributed by atoms with E-state index in [-0.39, 0.29) is 0 Å². The molecule has 1 saturated heterocycles. The molecule has 0 N–H and O–H groups in total. The van der Waals surface area contributed by atoms with Gasteiger partial charge in [-0.2, -0.15) is 0 Å². The van der Waals surface area contributed by atoms with Crippen LogP contribution in [0.5, 0.6) is 5.75 Å². The first-order valence-corrected chi connectivity index (χ1v) is 6.67. The number of aromatic nitrogens is 1. The van der Waals surface area contributed by atoms with Crippen molar-refractivity contribution in [3.8, 4) is 17.0 Å². The van der Waals surface area contributed by atoms with Crippen LogP contribution in [0.15, 0.2) is 34.9 Å². The number of hydrogen-bond acceptors (Lipinski definition) is 4. The fourth-order valence-corrected chi connectivity index (χ4v) is 2.45. The topological polar surface area (TPSA) is 38.5 Å². The van der Waals surface area contributed by atoms with Gasteiger partial charge in [0, 0.05) is 11.6 Å². The molecule has 1 fully saturated rings. The molecule has 3 rings (SSSR count). The average Bonchev–Trinajstić information content (AvgIpc) is 3.11. The van der Waals surface area contributed by atoms with E-state index in [1.54, 1.807) is 7.11 Å². The van der Waals surface area contributed by atoms with Gasteiger partial charge in [-0.1, -0.05) is 5.16 Å². The highest BCUT2D eigenvalue weighted by Crippen LogP contribution is 2.23. The quantitative estimate of drug-likeness (QED) is 0.845. The van der Waals surface area contributed by atoms with E-state index in [0.29, 0.717) is 0 Å². The molecule has 4 heteroatoms. The SMILES string of the molecule is COc1ccc(-c2cc(CN3CCCC3)on2)cc1. The maximum absolute atomic E-state index is 5.41. The number of ether oxygens (including phenoxy) is 1. The van der Waals surface area contributed by atoms with Crippen LogP contribution in [0.25, 0.3) is 11.3 Å². The zero-order valence-electron chi connectivity index (χ0n) is 11.1. The van der Waals surface area contributed by atoms with E-state index >= 15 is 0 Å². The number of benzene rings is 1. The summed E-state index contributed by atoms with van der Waals surface area (Å²) in [6, 6.07) is 9.89. The lowest BCUT2D eigenvalue weighted by atomic mass is 10.1. The van der Waals surface area contributed by atoms with Crippen LogP contribution in [0.4, 0.5) is 0 Å². The first-order chi connectivity index (χ1) is 9.35. The van der Waals surface area contributed by atoms with E-state index in [2.05, 4.69) is 10.1 Å². The lowest BCUT2D eigenvalue weighted by Crippen LogP contribution is -2.17. The second-order valence-corrected chi connectivity index (χ2v) is 4.89. The number of likely N-dealkylation sites (tertiary alicyclic amines) is 1. The number of rotatable bonds is 4. The summed E-state index contributed by atoms with van der Waals surface area (Å²) < 4.78 is 10.6. The zero-order valence-corrected chi connectivity index (χ0v) is 11.1. The van der Waals surface area contributed by atoms with Gasteiger partial charge in [-0.15, -0.1) is 0 Å². The Morgan fingerprint density at radius 1 is 1.21 bits per heavy atom. The van der Waals surface area contributed by atoms with E-state index in [0.717, 1.165) is 29.3 Å². The molecule has 0 bridgehead atoms. The molecule has 19 heavy (non-hydrogen) atoms. The van der Waals surface area contributed by atoms with Gasteiger partial charge in [0.05, 0.1) is 13.7 Å². The molecule has 1 aliphatic rings. The summed E-state index contributed by atoms with van der Waals surface area (Å²) in [6.07, 6.45) is 2.58. The molecular weight excluding hydrogens is 240 g/mol. The van der Waals surface area contributed by atoms with Gasteiger partial charge in [-0.05, 0) is 50.2 Å². The van der Waals surface area contributed by atoms with Crippen molar-refractivity contribution < 1.29 is 9.26 Å². The van der Waals surface area contributed by atoms with Crippen molar-refractivity contribution in [2.45, 2.75) is 19.4 Å². The maximum Gasteiger partial charge on any atom is 0.151 e. The van der Waals surface area contributed by atoms with Gasteiger partial charge < -0.3 is 9.26 Å². The number of nitrogens with zero attached hydrogens (tertiary/aromatic N) is 2. The van der Waals surface area contributed by atoms with Gasteiger partial charge in [-0.3, -0.25) is 4.90 Å². The standard InChI is InChI=1S/C15H18N2O2/c1-18-13-6-4-12(5-7-13)15-10-14(19-16-15)11-17-8-2-3-9-17/h4-7,10H,2-3,8-9,11H2,1H3. The van der Waals surface area contributed by atoms with Crippen LogP contribution < -0.4 is 4.74 Å². The highest BCUT2D eigenvalue weighted by molar-refractivity contribution is 5.59. The number of hydrogen-bond donors (Lipinski definition) is 0. The second kappa shape index (κ2) is 5.45. The van der Waals surface area contributed by atoms with E-state index in [9.17, 15) is 0 Å². The monoisotopic (exact) mass is 258 g/mol. The van der Waals surface area contributed by atoms with E-state index < -0.39 is 0 Å². The predicted molar refractivity (Wildman–Crippen MR) is 73.0 cm³/mol. The van der Waals surface area contributed by atoms with Crippen LogP contribution in [-0.2, 0) is 6.54 Å². The third-order valence-corrected chi connectivity index (χ3v) is 3.52. The average molecular weight is 258 g/mol. The van der Waals surface area contributed by atoms with Crippen molar-refractivity contribution in [3.63, 3.8) is 0 Å². The van der Waals surface area contributed by atoms with Gasteiger partial charge in [0.15, 0.2) is 5.76 Å². The van der Waals surface area contributed by atoms with E-state index in [4.69, 9.17) is 9.26 Å². The summed E-state index contributed by atoms with van der Waals surface area (Å²) in [5, 5.41) is 4.14. The molecule has 1 aromatic heterocycles. The van der Waals surface area contributed by atoms with Crippen LogP contribution in [-0.4, -0.2) is 30.3 Å². The molecule has 0 aliphatic carbocycles. The minimum atomic E-state index is 0.851. The zero-order chi connectivity index (χ0) is 13.1. The Kier molecular flexibility index (Phi) is 3.51. The molecule has 1 aliphatic heterocycles. The van der Waals surface area contributed by atoms with Crippen LogP contribution in [0.2, 0.25) is 0 Å². The molecule has 0 amide bonds. The summed E-state index contributed by atoms with van der Waals surface area (Å²) in [4.78, 5) is 2.40. The summed E-state index contributed by atoms with van der Waals surface area (Å²) in [5.41, 5.74) is 1.94. The van der Waals surface area contributed by atoms with Gasteiger partial charge in [-0.25, -0.2) is 0 Å². The van der Waals surface area contributed by atoms with Crippen LogP contribution in [0.1, 0.15) is 18.6 Å². The van der Waals surface area contributed by atoms with Crippen LogP contribution >= 0.6 is 0 Å². The lowest BCUT2D eigenvalue weighted by Gasteiger charge is -2.10. The summed E-state index contributed by atoms with van der Waals surface area (Å²) in [5.74, 6) is 1.79. The first-order valence-electron chi connectivity index (χ1n) is 6.67. The Labute approximate surface area is 113 Å². The molecule has 0 atom stereocenters. The minimum absolute atomic E-state index is 0.851. The van der Waals surface area contributed by atoms with Crippen molar-refractivity contribution in [1.82, 2.24) is 10.1 Å². The normalized spacial score (nSPS) is 15.8. The Morgan fingerprint density at radius 2 is 1.95 bits per heavy atom. The molecule has 2 heterocycles. The molecule has 100 valence electrons. The third kappa shape index (κ3) is 2.79.